The summed E-state index contributed by atoms with van der Waals surface area (Å²) in [5.74, 6) is -1.25. The van der Waals surface area contributed by atoms with Gasteiger partial charge < -0.3 is 15.5 Å². The standard InChI is InChI=1S/C13H19N3O2/c1-10-6-4-5-7-11(10)15-13(18)12(17)14-8-9-16(2)3/h4-7H,8-9H2,1-3H3,(H,14,17)(H,15,18). The molecule has 1 aromatic carbocycles. The number of hydrogen-bond donors (Lipinski definition) is 2. The first kappa shape index (κ1) is 14.2. The molecule has 0 atom stereocenters. The number of carbonyl (C=O) groups is 2. The van der Waals surface area contributed by atoms with Gasteiger partial charge in [0.1, 0.15) is 0 Å². The number of likely N-dealkylation sites (N-methyl/N-ethyl adjacent to an activating group) is 1. The molecule has 18 heavy (non-hydrogen) atoms. The van der Waals surface area contributed by atoms with E-state index in [1.165, 1.54) is 0 Å². The Balaban J connectivity index is 2.46. The van der Waals surface area contributed by atoms with E-state index in [4.69, 9.17) is 0 Å². The monoisotopic (exact) mass is 249 g/mol. The van der Waals surface area contributed by atoms with Gasteiger partial charge in [0.05, 0.1) is 0 Å². The zero-order chi connectivity index (χ0) is 13.5. The summed E-state index contributed by atoms with van der Waals surface area (Å²) in [6.07, 6.45) is 0. The maximum absolute atomic E-state index is 11.6. The first-order valence-electron chi connectivity index (χ1n) is 5.80. The van der Waals surface area contributed by atoms with E-state index in [0.29, 0.717) is 18.8 Å². The second kappa shape index (κ2) is 6.76. The maximum atomic E-state index is 11.6. The van der Waals surface area contributed by atoms with E-state index in [2.05, 4.69) is 10.6 Å². The van der Waals surface area contributed by atoms with Crippen molar-refractivity contribution in [2.24, 2.45) is 0 Å². The summed E-state index contributed by atoms with van der Waals surface area (Å²) in [6, 6.07) is 7.33. The molecule has 98 valence electrons. The van der Waals surface area contributed by atoms with Gasteiger partial charge in [0.25, 0.3) is 0 Å². The van der Waals surface area contributed by atoms with E-state index in [9.17, 15) is 9.59 Å². The molecular formula is C13H19N3O2. The molecule has 2 N–H and O–H groups in total. The number of para-hydroxylation sites is 1. The van der Waals surface area contributed by atoms with Gasteiger partial charge in [-0.25, -0.2) is 0 Å². The Morgan fingerprint density at radius 1 is 1.17 bits per heavy atom. The first-order valence-corrected chi connectivity index (χ1v) is 5.80. The first-order chi connectivity index (χ1) is 8.50. The Kier molecular flexibility index (Phi) is 5.32. The highest BCUT2D eigenvalue weighted by molar-refractivity contribution is 6.39. The number of carbonyl (C=O) groups excluding carboxylic acids is 2. The van der Waals surface area contributed by atoms with E-state index >= 15 is 0 Å². The maximum Gasteiger partial charge on any atom is 0.313 e. The summed E-state index contributed by atoms with van der Waals surface area (Å²) in [4.78, 5) is 25.0. The van der Waals surface area contributed by atoms with E-state index in [1.54, 1.807) is 6.07 Å². The van der Waals surface area contributed by atoms with Crippen LogP contribution in [-0.2, 0) is 9.59 Å². The summed E-state index contributed by atoms with van der Waals surface area (Å²) in [7, 11) is 3.80. The van der Waals surface area contributed by atoms with Gasteiger partial charge in [-0.3, -0.25) is 9.59 Å². The molecule has 0 unspecified atom stereocenters. The summed E-state index contributed by atoms with van der Waals surface area (Å²) in [6.45, 7) is 3.02. The molecule has 0 fully saturated rings. The van der Waals surface area contributed by atoms with Crippen LogP contribution in [0.5, 0.6) is 0 Å². The van der Waals surface area contributed by atoms with Gasteiger partial charge in [0.2, 0.25) is 0 Å². The predicted molar refractivity (Wildman–Crippen MR) is 71.4 cm³/mol. The average molecular weight is 249 g/mol. The SMILES string of the molecule is Cc1ccccc1NC(=O)C(=O)NCCN(C)C. The summed E-state index contributed by atoms with van der Waals surface area (Å²) in [5, 5.41) is 5.14. The Labute approximate surface area is 107 Å². The van der Waals surface area contributed by atoms with Crippen molar-refractivity contribution >= 4 is 17.5 Å². The molecule has 0 aliphatic heterocycles. The molecule has 5 nitrogen and oxygen atoms in total. The molecule has 2 amide bonds. The number of anilines is 1. The number of rotatable bonds is 4. The van der Waals surface area contributed by atoms with E-state index in [0.717, 1.165) is 5.56 Å². The minimum absolute atomic E-state index is 0.451. The molecule has 1 aromatic rings. The second-order valence-electron chi connectivity index (χ2n) is 4.33. The van der Waals surface area contributed by atoms with Crippen LogP contribution in [0.4, 0.5) is 5.69 Å². The smallest absolute Gasteiger partial charge is 0.313 e. The number of nitrogens with zero attached hydrogens (tertiary/aromatic N) is 1. The van der Waals surface area contributed by atoms with Crippen molar-refractivity contribution in [1.29, 1.82) is 0 Å². The van der Waals surface area contributed by atoms with Crippen LogP contribution >= 0.6 is 0 Å². The summed E-state index contributed by atoms with van der Waals surface area (Å²) in [5.41, 5.74) is 1.58. The molecule has 0 aliphatic carbocycles. The van der Waals surface area contributed by atoms with Crippen molar-refractivity contribution in [3.05, 3.63) is 29.8 Å². The Bertz CT molecular complexity index is 430. The van der Waals surface area contributed by atoms with Crippen LogP contribution in [0.15, 0.2) is 24.3 Å². The molecule has 0 radical (unpaired) electrons. The molecule has 0 spiro atoms. The number of aryl methyl sites for hydroxylation is 1. The van der Waals surface area contributed by atoms with Crippen molar-refractivity contribution in [2.75, 3.05) is 32.5 Å². The van der Waals surface area contributed by atoms with Crippen LogP contribution in [0, 0.1) is 6.92 Å². The van der Waals surface area contributed by atoms with Gasteiger partial charge in [-0.2, -0.15) is 0 Å². The van der Waals surface area contributed by atoms with E-state index in [-0.39, 0.29) is 0 Å². The minimum atomic E-state index is -0.636. The van der Waals surface area contributed by atoms with Gasteiger partial charge in [-0.15, -0.1) is 0 Å². The lowest BCUT2D eigenvalue weighted by Crippen LogP contribution is -2.38. The van der Waals surface area contributed by atoms with Crippen molar-refractivity contribution in [2.45, 2.75) is 6.92 Å². The topological polar surface area (TPSA) is 61.4 Å². The molecule has 0 saturated heterocycles. The van der Waals surface area contributed by atoms with Crippen LogP contribution in [0.25, 0.3) is 0 Å². The van der Waals surface area contributed by atoms with Crippen LogP contribution in [-0.4, -0.2) is 43.9 Å². The molecule has 0 aromatic heterocycles. The highest BCUT2D eigenvalue weighted by Gasteiger charge is 2.13. The molecule has 5 heteroatoms. The lowest BCUT2D eigenvalue weighted by atomic mass is 10.2. The highest BCUT2D eigenvalue weighted by atomic mass is 16.2. The third-order valence-electron chi connectivity index (χ3n) is 2.44. The van der Waals surface area contributed by atoms with Crippen LogP contribution < -0.4 is 10.6 Å². The third-order valence-corrected chi connectivity index (χ3v) is 2.44. The van der Waals surface area contributed by atoms with Crippen LogP contribution in [0.1, 0.15) is 5.56 Å². The number of nitrogens with one attached hydrogen (secondary N) is 2. The third kappa shape index (κ3) is 4.55. The van der Waals surface area contributed by atoms with Crippen molar-refractivity contribution < 1.29 is 9.59 Å². The fourth-order valence-corrected chi connectivity index (χ4v) is 1.37. The normalized spacial score (nSPS) is 10.2. The predicted octanol–water partition coefficient (Wildman–Crippen LogP) is 0.611. The quantitative estimate of drug-likeness (QED) is 0.769. The van der Waals surface area contributed by atoms with Crippen molar-refractivity contribution in [1.82, 2.24) is 10.2 Å². The molecule has 0 bridgehead atoms. The van der Waals surface area contributed by atoms with Gasteiger partial charge in [0.15, 0.2) is 0 Å². The van der Waals surface area contributed by atoms with E-state index in [1.807, 2.05) is 44.1 Å². The van der Waals surface area contributed by atoms with Crippen molar-refractivity contribution in [3.8, 4) is 0 Å². The molecule has 0 aliphatic rings. The Morgan fingerprint density at radius 2 is 1.83 bits per heavy atom. The molecule has 0 saturated carbocycles. The van der Waals surface area contributed by atoms with Crippen LogP contribution in [0.3, 0.4) is 0 Å². The summed E-state index contributed by atoms with van der Waals surface area (Å²) >= 11 is 0. The lowest BCUT2D eigenvalue weighted by molar-refractivity contribution is -0.136. The summed E-state index contributed by atoms with van der Waals surface area (Å²) < 4.78 is 0. The van der Waals surface area contributed by atoms with Gasteiger partial charge >= 0.3 is 11.8 Å². The largest absolute Gasteiger partial charge is 0.347 e. The van der Waals surface area contributed by atoms with Crippen LogP contribution in [0.2, 0.25) is 0 Å². The zero-order valence-corrected chi connectivity index (χ0v) is 11.0. The Morgan fingerprint density at radius 3 is 2.44 bits per heavy atom. The highest BCUT2D eigenvalue weighted by Crippen LogP contribution is 2.12. The second-order valence-corrected chi connectivity index (χ2v) is 4.33. The van der Waals surface area contributed by atoms with Gasteiger partial charge in [0, 0.05) is 18.8 Å². The number of amides is 2. The number of benzene rings is 1. The van der Waals surface area contributed by atoms with E-state index < -0.39 is 11.8 Å². The van der Waals surface area contributed by atoms with Crippen molar-refractivity contribution in [3.63, 3.8) is 0 Å². The zero-order valence-electron chi connectivity index (χ0n) is 11.0. The van der Waals surface area contributed by atoms with Gasteiger partial charge in [-0.1, -0.05) is 18.2 Å². The lowest BCUT2D eigenvalue weighted by Gasteiger charge is -2.11. The minimum Gasteiger partial charge on any atom is -0.347 e. The number of hydrogen-bond acceptors (Lipinski definition) is 3. The molecule has 0 heterocycles. The van der Waals surface area contributed by atoms with Gasteiger partial charge in [-0.05, 0) is 32.6 Å². The Hall–Kier alpha value is -1.88. The fourth-order valence-electron chi connectivity index (χ4n) is 1.37. The fraction of sp³-hybridized carbons (Fsp3) is 0.385. The molecular weight excluding hydrogens is 230 g/mol. The average Bonchev–Trinajstić information content (AvgIpc) is 2.31. The molecule has 1 rings (SSSR count).